The second kappa shape index (κ2) is 4.41. The fourth-order valence-electron chi connectivity index (χ4n) is 1.86. The summed E-state index contributed by atoms with van der Waals surface area (Å²) in [5, 5.41) is 18.2. The van der Waals surface area contributed by atoms with E-state index in [1.165, 1.54) is 0 Å². The number of aliphatic hydroxyl groups is 1. The summed E-state index contributed by atoms with van der Waals surface area (Å²) in [5.74, 6) is -0.630. The first-order valence-corrected chi connectivity index (χ1v) is 5.36. The molecule has 0 aromatic heterocycles. The normalized spacial score (nSPS) is 29.5. The second-order valence-electron chi connectivity index (χ2n) is 4.06. The lowest BCUT2D eigenvalue weighted by molar-refractivity contribution is -0.163. The van der Waals surface area contributed by atoms with Gasteiger partial charge in [-0.05, 0) is 25.5 Å². The standard InChI is InChI=1S/C12H16O4/c1-12(9-3-2-4-10(14)7-9)15-8-11(16-12)5-6-13/h2-4,7,11,13-14H,5-6,8H2,1H3. The molecule has 1 saturated heterocycles. The lowest BCUT2D eigenvalue weighted by Crippen LogP contribution is -2.24. The van der Waals surface area contributed by atoms with E-state index in [0.717, 1.165) is 5.56 Å². The van der Waals surface area contributed by atoms with E-state index in [2.05, 4.69) is 0 Å². The first-order chi connectivity index (χ1) is 7.64. The van der Waals surface area contributed by atoms with Gasteiger partial charge in [-0.1, -0.05) is 12.1 Å². The van der Waals surface area contributed by atoms with Crippen LogP contribution in [0.1, 0.15) is 18.9 Å². The number of hydrogen-bond donors (Lipinski definition) is 2. The zero-order valence-electron chi connectivity index (χ0n) is 9.22. The number of aliphatic hydroxyl groups excluding tert-OH is 1. The van der Waals surface area contributed by atoms with Crippen LogP contribution in [0, 0.1) is 0 Å². The van der Waals surface area contributed by atoms with Gasteiger partial charge in [-0.2, -0.15) is 0 Å². The topological polar surface area (TPSA) is 58.9 Å². The van der Waals surface area contributed by atoms with Crippen LogP contribution in [0.5, 0.6) is 5.75 Å². The molecule has 0 spiro atoms. The van der Waals surface area contributed by atoms with Gasteiger partial charge in [-0.3, -0.25) is 0 Å². The van der Waals surface area contributed by atoms with Crippen LogP contribution in [-0.4, -0.2) is 29.5 Å². The Labute approximate surface area is 94.4 Å². The lowest BCUT2D eigenvalue weighted by atomic mass is 10.1. The molecular weight excluding hydrogens is 208 g/mol. The summed E-state index contributed by atoms with van der Waals surface area (Å²) in [6, 6.07) is 6.83. The van der Waals surface area contributed by atoms with Crippen LogP contribution in [0.2, 0.25) is 0 Å². The van der Waals surface area contributed by atoms with E-state index in [9.17, 15) is 5.11 Å². The van der Waals surface area contributed by atoms with Crippen molar-refractivity contribution in [1.29, 1.82) is 0 Å². The Morgan fingerprint density at radius 1 is 1.50 bits per heavy atom. The molecule has 2 unspecified atom stereocenters. The second-order valence-corrected chi connectivity index (χ2v) is 4.06. The molecule has 1 aromatic rings. The molecule has 2 rings (SSSR count). The van der Waals surface area contributed by atoms with Gasteiger partial charge in [-0.25, -0.2) is 0 Å². The number of rotatable bonds is 3. The minimum atomic E-state index is -0.821. The van der Waals surface area contributed by atoms with Gasteiger partial charge in [0.15, 0.2) is 5.79 Å². The van der Waals surface area contributed by atoms with Gasteiger partial charge in [0.2, 0.25) is 0 Å². The smallest absolute Gasteiger partial charge is 0.192 e. The third-order valence-electron chi connectivity index (χ3n) is 2.76. The third-order valence-corrected chi connectivity index (χ3v) is 2.76. The molecule has 88 valence electrons. The number of hydrogen-bond acceptors (Lipinski definition) is 4. The van der Waals surface area contributed by atoms with Crippen molar-refractivity contribution in [3.05, 3.63) is 29.8 Å². The van der Waals surface area contributed by atoms with Crippen LogP contribution in [0.15, 0.2) is 24.3 Å². The highest BCUT2D eigenvalue weighted by atomic mass is 16.7. The summed E-state index contributed by atoms with van der Waals surface area (Å²) in [4.78, 5) is 0. The van der Waals surface area contributed by atoms with E-state index in [1.807, 2.05) is 13.0 Å². The predicted molar refractivity (Wildman–Crippen MR) is 58.0 cm³/mol. The third kappa shape index (κ3) is 2.19. The Hall–Kier alpha value is -1.10. The molecule has 1 heterocycles. The maximum absolute atomic E-state index is 9.41. The molecule has 2 N–H and O–H groups in total. The highest BCUT2D eigenvalue weighted by Gasteiger charge is 2.38. The zero-order valence-corrected chi connectivity index (χ0v) is 9.22. The van der Waals surface area contributed by atoms with Crippen LogP contribution in [-0.2, 0) is 15.3 Å². The fraction of sp³-hybridized carbons (Fsp3) is 0.500. The molecule has 1 fully saturated rings. The number of phenols is 1. The zero-order chi connectivity index (χ0) is 11.6. The largest absolute Gasteiger partial charge is 0.508 e. The molecular formula is C12H16O4. The average molecular weight is 224 g/mol. The highest BCUT2D eigenvalue weighted by Crippen LogP contribution is 2.35. The fourth-order valence-corrected chi connectivity index (χ4v) is 1.86. The van der Waals surface area contributed by atoms with E-state index < -0.39 is 5.79 Å². The van der Waals surface area contributed by atoms with Crippen molar-refractivity contribution in [2.75, 3.05) is 13.2 Å². The number of ether oxygens (including phenoxy) is 2. The predicted octanol–water partition coefficient (Wildman–Crippen LogP) is 1.36. The van der Waals surface area contributed by atoms with Gasteiger partial charge in [-0.15, -0.1) is 0 Å². The number of phenolic OH excluding ortho intramolecular Hbond substituents is 1. The molecule has 1 aromatic carbocycles. The van der Waals surface area contributed by atoms with Crippen molar-refractivity contribution >= 4 is 0 Å². The molecule has 0 saturated carbocycles. The van der Waals surface area contributed by atoms with Crippen molar-refractivity contribution < 1.29 is 19.7 Å². The molecule has 16 heavy (non-hydrogen) atoms. The van der Waals surface area contributed by atoms with Crippen molar-refractivity contribution in [3.63, 3.8) is 0 Å². The highest BCUT2D eigenvalue weighted by molar-refractivity contribution is 5.30. The maximum Gasteiger partial charge on any atom is 0.192 e. The van der Waals surface area contributed by atoms with Crippen molar-refractivity contribution in [2.45, 2.75) is 25.2 Å². The van der Waals surface area contributed by atoms with Gasteiger partial charge in [0.1, 0.15) is 5.75 Å². The van der Waals surface area contributed by atoms with Gasteiger partial charge >= 0.3 is 0 Å². The summed E-state index contributed by atoms with van der Waals surface area (Å²) < 4.78 is 11.3. The van der Waals surface area contributed by atoms with E-state index in [0.29, 0.717) is 13.0 Å². The Morgan fingerprint density at radius 3 is 3.00 bits per heavy atom. The molecule has 0 radical (unpaired) electrons. The molecule has 4 nitrogen and oxygen atoms in total. The lowest BCUT2D eigenvalue weighted by Gasteiger charge is -2.23. The summed E-state index contributed by atoms with van der Waals surface area (Å²) in [6.45, 7) is 2.37. The Balaban J connectivity index is 2.15. The molecule has 0 aliphatic carbocycles. The van der Waals surface area contributed by atoms with Crippen LogP contribution < -0.4 is 0 Å². The van der Waals surface area contributed by atoms with E-state index in [1.54, 1.807) is 18.2 Å². The number of benzene rings is 1. The van der Waals surface area contributed by atoms with Gasteiger partial charge < -0.3 is 19.7 Å². The van der Waals surface area contributed by atoms with Crippen LogP contribution in [0.4, 0.5) is 0 Å². The van der Waals surface area contributed by atoms with Crippen LogP contribution >= 0.6 is 0 Å². The summed E-state index contributed by atoms with van der Waals surface area (Å²) in [5.41, 5.74) is 0.785. The summed E-state index contributed by atoms with van der Waals surface area (Å²) in [7, 11) is 0. The summed E-state index contributed by atoms with van der Waals surface area (Å²) in [6.07, 6.45) is 0.478. The van der Waals surface area contributed by atoms with Crippen molar-refractivity contribution in [1.82, 2.24) is 0 Å². The maximum atomic E-state index is 9.41. The SMILES string of the molecule is CC1(c2cccc(O)c2)OCC(CCO)O1. The van der Waals surface area contributed by atoms with Crippen molar-refractivity contribution in [2.24, 2.45) is 0 Å². The van der Waals surface area contributed by atoms with E-state index in [4.69, 9.17) is 14.6 Å². The van der Waals surface area contributed by atoms with Crippen LogP contribution in [0.3, 0.4) is 0 Å². The monoisotopic (exact) mass is 224 g/mol. The van der Waals surface area contributed by atoms with Gasteiger partial charge in [0, 0.05) is 12.2 Å². The quantitative estimate of drug-likeness (QED) is 0.814. The first kappa shape index (κ1) is 11.4. The Kier molecular flexibility index (Phi) is 3.14. The Morgan fingerprint density at radius 2 is 2.31 bits per heavy atom. The minimum absolute atomic E-state index is 0.0858. The molecule has 2 atom stereocenters. The van der Waals surface area contributed by atoms with E-state index >= 15 is 0 Å². The average Bonchev–Trinajstić information content (AvgIpc) is 2.62. The summed E-state index contributed by atoms with van der Waals surface area (Å²) >= 11 is 0. The van der Waals surface area contributed by atoms with Gasteiger partial charge in [0.05, 0.1) is 12.7 Å². The minimum Gasteiger partial charge on any atom is -0.508 e. The Bertz CT molecular complexity index is 366. The molecule has 1 aliphatic heterocycles. The molecule has 0 amide bonds. The van der Waals surface area contributed by atoms with E-state index in [-0.39, 0.29) is 18.5 Å². The molecule has 0 bridgehead atoms. The number of aromatic hydroxyl groups is 1. The van der Waals surface area contributed by atoms with Crippen molar-refractivity contribution in [3.8, 4) is 5.75 Å². The van der Waals surface area contributed by atoms with Crippen LogP contribution in [0.25, 0.3) is 0 Å². The first-order valence-electron chi connectivity index (χ1n) is 5.36. The van der Waals surface area contributed by atoms with Gasteiger partial charge in [0.25, 0.3) is 0 Å². The molecule has 4 heteroatoms. The molecule has 1 aliphatic rings.